The lowest BCUT2D eigenvalue weighted by molar-refractivity contribution is -0.394. The zero-order valence-electron chi connectivity index (χ0n) is 13.2. The standard InChI is InChI=1S/C13H13N7O5/c1-8-3-4-10(5-11(8)19(22)23)12(21)16-15-9(2)6-18-7-14-13(17-18)20(24)25/h3-5,7H,6H2,1-2H3,(H,16,21)/b15-9+. The largest absolute Gasteiger partial charge is 0.490 e. The Morgan fingerprint density at radius 2 is 2.04 bits per heavy atom. The lowest BCUT2D eigenvalue weighted by atomic mass is 10.1. The maximum absolute atomic E-state index is 12.0. The van der Waals surface area contributed by atoms with E-state index in [1.165, 1.54) is 23.1 Å². The number of nitro benzene ring substituents is 1. The van der Waals surface area contributed by atoms with Crippen molar-refractivity contribution in [2.45, 2.75) is 20.4 Å². The van der Waals surface area contributed by atoms with Crippen molar-refractivity contribution in [2.75, 3.05) is 0 Å². The molecule has 0 spiro atoms. The Morgan fingerprint density at radius 1 is 1.32 bits per heavy atom. The molecule has 1 aromatic carbocycles. The highest BCUT2D eigenvalue weighted by Crippen LogP contribution is 2.19. The van der Waals surface area contributed by atoms with E-state index in [1.54, 1.807) is 13.8 Å². The predicted molar refractivity (Wildman–Crippen MR) is 85.1 cm³/mol. The normalized spacial score (nSPS) is 11.2. The molecule has 1 N–H and O–H groups in total. The Bertz CT molecular complexity index is 873. The van der Waals surface area contributed by atoms with E-state index in [0.717, 1.165) is 6.07 Å². The molecule has 2 aromatic rings. The van der Waals surface area contributed by atoms with Gasteiger partial charge >= 0.3 is 5.95 Å². The van der Waals surface area contributed by atoms with E-state index < -0.39 is 21.7 Å². The number of hydrazone groups is 1. The topological polar surface area (TPSA) is 158 Å². The molecule has 0 aliphatic rings. The fourth-order valence-electron chi connectivity index (χ4n) is 1.87. The van der Waals surface area contributed by atoms with Crippen LogP contribution in [0.3, 0.4) is 0 Å². The molecule has 12 nitrogen and oxygen atoms in total. The molecule has 0 atom stereocenters. The molecule has 130 valence electrons. The number of hydrogen-bond acceptors (Lipinski definition) is 8. The summed E-state index contributed by atoms with van der Waals surface area (Å²) >= 11 is 0. The second kappa shape index (κ2) is 7.25. The van der Waals surface area contributed by atoms with E-state index in [1.807, 2.05) is 0 Å². The summed E-state index contributed by atoms with van der Waals surface area (Å²) in [5.74, 6) is -1.16. The number of nitro groups is 2. The summed E-state index contributed by atoms with van der Waals surface area (Å²) in [6.45, 7) is 3.22. The van der Waals surface area contributed by atoms with Crippen LogP contribution < -0.4 is 5.43 Å². The van der Waals surface area contributed by atoms with Crippen LogP contribution in [0, 0.1) is 27.2 Å². The molecule has 0 unspecified atom stereocenters. The fourth-order valence-corrected chi connectivity index (χ4v) is 1.87. The average Bonchev–Trinajstić information content (AvgIpc) is 3.01. The van der Waals surface area contributed by atoms with Crippen molar-refractivity contribution in [1.82, 2.24) is 20.2 Å². The van der Waals surface area contributed by atoms with Gasteiger partial charge in [0.15, 0.2) is 0 Å². The molecule has 0 saturated heterocycles. The number of benzene rings is 1. The average molecular weight is 347 g/mol. The highest BCUT2D eigenvalue weighted by Gasteiger charge is 2.15. The van der Waals surface area contributed by atoms with E-state index in [2.05, 4.69) is 20.6 Å². The van der Waals surface area contributed by atoms with Crippen LogP contribution >= 0.6 is 0 Å². The molecule has 2 rings (SSSR count). The molecule has 0 aliphatic carbocycles. The first-order valence-corrected chi connectivity index (χ1v) is 6.90. The van der Waals surface area contributed by atoms with Gasteiger partial charge in [-0.05, 0) is 24.8 Å². The Morgan fingerprint density at radius 3 is 2.64 bits per heavy atom. The Balaban J connectivity index is 2.04. The van der Waals surface area contributed by atoms with Crippen LogP contribution in [0.15, 0.2) is 29.6 Å². The van der Waals surface area contributed by atoms with Crippen molar-refractivity contribution in [1.29, 1.82) is 0 Å². The molecule has 0 bridgehead atoms. The summed E-state index contributed by atoms with van der Waals surface area (Å²) < 4.78 is 1.19. The second-order valence-electron chi connectivity index (χ2n) is 5.05. The highest BCUT2D eigenvalue weighted by atomic mass is 16.6. The van der Waals surface area contributed by atoms with E-state index in [9.17, 15) is 25.0 Å². The van der Waals surface area contributed by atoms with Crippen LogP contribution in [0.2, 0.25) is 0 Å². The van der Waals surface area contributed by atoms with Crippen molar-refractivity contribution in [3.63, 3.8) is 0 Å². The van der Waals surface area contributed by atoms with E-state index in [0.29, 0.717) is 11.3 Å². The smallest absolute Gasteiger partial charge is 0.390 e. The second-order valence-corrected chi connectivity index (χ2v) is 5.05. The van der Waals surface area contributed by atoms with E-state index >= 15 is 0 Å². The summed E-state index contributed by atoms with van der Waals surface area (Å²) in [6.07, 6.45) is 1.17. The number of carbonyl (C=O) groups is 1. The molecule has 1 heterocycles. The van der Waals surface area contributed by atoms with Crippen molar-refractivity contribution in [3.05, 3.63) is 55.9 Å². The van der Waals surface area contributed by atoms with Crippen molar-refractivity contribution >= 4 is 23.3 Å². The summed E-state index contributed by atoms with van der Waals surface area (Å²) in [5.41, 5.74) is 3.03. The Labute approximate surface area is 140 Å². The number of carbonyl (C=O) groups excluding carboxylic acids is 1. The number of aromatic nitrogens is 3. The van der Waals surface area contributed by atoms with Gasteiger partial charge < -0.3 is 10.1 Å². The molecule has 25 heavy (non-hydrogen) atoms. The van der Waals surface area contributed by atoms with E-state index in [4.69, 9.17) is 0 Å². The third-order valence-electron chi connectivity index (χ3n) is 3.09. The summed E-state index contributed by atoms with van der Waals surface area (Å²) in [5, 5.41) is 28.9. The molecule has 1 aromatic heterocycles. The maximum Gasteiger partial charge on any atom is 0.490 e. The van der Waals surface area contributed by atoms with Crippen LogP contribution in [0.5, 0.6) is 0 Å². The van der Waals surface area contributed by atoms with Crippen LogP contribution in [0.1, 0.15) is 22.8 Å². The van der Waals surface area contributed by atoms with Crippen LogP contribution in [0.4, 0.5) is 11.6 Å². The molecule has 0 aliphatic heterocycles. The number of rotatable bonds is 6. The van der Waals surface area contributed by atoms with Crippen molar-refractivity contribution in [3.8, 4) is 0 Å². The Kier molecular flexibility index (Phi) is 5.12. The van der Waals surface area contributed by atoms with Gasteiger partial charge in [0.25, 0.3) is 11.6 Å². The number of hydrogen-bond donors (Lipinski definition) is 1. The van der Waals surface area contributed by atoms with Gasteiger partial charge in [0.05, 0.1) is 17.2 Å². The molecule has 0 radical (unpaired) electrons. The quantitative estimate of drug-likeness (QED) is 0.467. The summed E-state index contributed by atoms with van der Waals surface area (Å²) in [4.78, 5) is 35.6. The van der Waals surface area contributed by atoms with Gasteiger partial charge in [-0.25, -0.2) is 5.43 Å². The zero-order valence-corrected chi connectivity index (χ0v) is 13.2. The zero-order chi connectivity index (χ0) is 18.6. The molecular weight excluding hydrogens is 334 g/mol. The minimum absolute atomic E-state index is 0.0785. The van der Waals surface area contributed by atoms with Crippen molar-refractivity contribution in [2.24, 2.45) is 5.10 Å². The first kappa shape index (κ1) is 17.7. The fraction of sp³-hybridized carbons (Fsp3) is 0.231. The van der Waals surface area contributed by atoms with Gasteiger partial charge in [-0.2, -0.15) is 9.78 Å². The summed E-state index contributed by atoms with van der Waals surface area (Å²) in [7, 11) is 0. The van der Waals surface area contributed by atoms with Crippen molar-refractivity contribution < 1.29 is 14.6 Å². The first-order valence-electron chi connectivity index (χ1n) is 6.90. The lowest BCUT2D eigenvalue weighted by Crippen LogP contribution is -2.21. The Hall–Kier alpha value is -3.70. The highest BCUT2D eigenvalue weighted by molar-refractivity contribution is 5.95. The van der Waals surface area contributed by atoms with Gasteiger partial charge in [0.1, 0.15) is 0 Å². The third-order valence-corrected chi connectivity index (χ3v) is 3.09. The lowest BCUT2D eigenvalue weighted by Gasteiger charge is -2.03. The molecule has 0 saturated carbocycles. The molecule has 1 amide bonds. The number of amides is 1. The SMILES string of the molecule is C/C(Cn1cnc([N+](=O)[O-])n1)=N\NC(=O)c1ccc(C)c([N+](=O)[O-])c1. The van der Waals surface area contributed by atoms with Gasteiger partial charge in [-0.1, -0.05) is 11.1 Å². The monoisotopic (exact) mass is 347 g/mol. The summed E-state index contributed by atoms with van der Waals surface area (Å²) in [6, 6.07) is 4.08. The molecule has 0 fully saturated rings. The number of aryl methyl sites for hydroxylation is 1. The maximum atomic E-state index is 12.0. The first-order chi connectivity index (χ1) is 11.8. The van der Waals surface area contributed by atoms with Gasteiger partial charge in [0.2, 0.25) is 6.33 Å². The van der Waals surface area contributed by atoms with Gasteiger partial charge in [-0.15, -0.1) is 0 Å². The van der Waals surface area contributed by atoms with E-state index in [-0.39, 0.29) is 17.8 Å². The van der Waals surface area contributed by atoms with Gasteiger partial charge in [0, 0.05) is 22.3 Å². The predicted octanol–water partition coefficient (Wildman–Crippen LogP) is 1.21. The van der Waals surface area contributed by atoms with Gasteiger partial charge in [-0.3, -0.25) is 14.9 Å². The molecule has 12 heteroatoms. The van der Waals surface area contributed by atoms with Crippen LogP contribution in [0.25, 0.3) is 0 Å². The number of nitrogens with zero attached hydrogens (tertiary/aromatic N) is 6. The third kappa shape index (κ3) is 4.40. The van der Waals surface area contributed by atoms with Crippen LogP contribution in [-0.4, -0.2) is 36.2 Å². The van der Waals surface area contributed by atoms with Crippen LogP contribution in [-0.2, 0) is 6.54 Å². The minimum atomic E-state index is -0.727. The minimum Gasteiger partial charge on any atom is -0.390 e. The number of nitrogens with one attached hydrogen (secondary N) is 1. The molecular formula is C13H13N7O5.